The average molecular weight is 302 g/mol. The minimum atomic E-state index is -3.64. The maximum absolute atomic E-state index is 12.1. The smallest absolute Gasteiger partial charge is 0.196 e. The normalized spacial score (nSPS) is 14.1. The van der Waals surface area contributed by atoms with Crippen molar-refractivity contribution >= 4 is 44.6 Å². The number of alkyl halides is 1. The third-order valence-corrected chi connectivity index (χ3v) is 5.99. The van der Waals surface area contributed by atoms with E-state index in [1.165, 1.54) is 18.2 Å². The first kappa shape index (κ1) is 14.1. The van der Waals surface area contributed by atoms with E-state index in [1.807, 2.05) is 0 Å². The molecule has 0 aliphatic heterocycles. The molecule has 0 spiro atoms. The van der Waals surface area contributed by atoms with Gasteiger partial charge >= 0.3 is 0 Å². The van der Waals surface area contributed by atoms with Crippen molar-refractivity contribution in [3.8, 4) is 0 Å². The molecule has 0 bridgehead atoms. The van der Waals surface area contributed by atoms with Gasteiger partial charge in [0.2, 0.25) is 0 Å². The van der Waals surface area contributed by atoms with E-state index in [1.54, 1.807) is 13.8 Å². The monoisotopic (exact) mass is 300 g/mol. The van der Waals surface area contributed by atoms with Crippen molar-refractivity contribution < 1.29 is 8.42 Å². The molecule has 1 aromatic carbocycles. The van der Waals surface area contributed by atoms with Crippen LogP contribution in [0.3, 0.4) is 0 Å². The molecule has 1 rings (SSSR count). The van der Waals surface area contributed by atoms with Gasteiger partial charge in [-0.15, -0.1) is 11.6 Å². The maximum atomic E-state index is 12.1. The summed E-state index contributed by atoms with van der Waals surface area (Å²) in [5, 5.41) is 0.450. The van der Waals surface area contributed by atoms with Crippen LogP contribution in [0.2, 0.25) is 10.0 Å². The number of sulfone groups is 1. The molecule has 0 N–H and O–H groups in total. The fourth-order valence-electron chi connectivity index (χ4n) is 1.17. The maximum Gasteiger partial charge on any atom is 0.196 e. The number of halogens is 3. The van der Waals surface area contributed by atoms with Crippen molar-refractivity contribution in [2.75, 3.05) is 0 Å². The predicted molar refractivity (Wildman–Crippen MR) is 68.1 cm³/mol. The van der Waals surface area contributed by atoms with Crippen LogP contribution in [0.4, 0.5) is 0 Å². The van der Waals surface area contributed by atoms with Gasteiger partial charge < -0.3 is 0 Å². The Hall–Kier alpha value is 0.0400. The Morgan fingerprint density at radius 1 is 1.19 bits per heavy atom. The van der Waals surface area contributed by atoms with Crippen LogP contribution in [0.15, 0.2) is 23.1 Å². The average Bonchev–Trinajstić information content (AvgIpc) is 2.20. The van der Waals surface area contributed by atoms with Crippen LogP contribution in [-0.2, 0) is 9.84 Å². The summed E-state index contributed by atoms with van der Waals surface area (Å²) < 4.78 is 23.1. The summed E-state index contributed by atoms with van der Waals surface area (Å²) in [4.78, 5) is -0.0182. The summed E-state index contributed by atoms with van der Waals surface area (Å²) in [5.41, 5.74) is 0. The summed E-state index contributed by atoms with van der Waals surface area (Å²) in [6.07, 6.45) is 0. The van der Waals surface area contributed by atoms with Crippen LogP contribution in [0.25, 0.3) is 0 Å². The van der Waals surface area contributed by atoms with Crippen LogP contribution in [-0.4, -0.2) is 13.1 Å². The second-order valence-corrected chi connectivity index (χ2v) is 7.33. The topological polar surface area (TPSA) is 34.1 Å². The van der Waals surface area contributed by atoms with Crippen LogP contribution in [0.5, 0.6) is 0 Å². The quantitative estimate of drug-likeness (QED) is 0.791. The van der Waals surface area contributed by atoms with Gasteiger partial charge in [0, 0.05) is 5.02 Å². The SMILES string of the molecule is CC(C)C(Cl)S(=O)(=O)c1cc(Cl)ccc1Cl. The van der Waals surface area contributed by atoms with Crippen molar-refractivity contribution in [2.24, 2.45) is 5.92 Å². The molecule has 0 aliphatic carbocycles. The highest BCUT2D eigenvalue weighted by Gasteiger charge is 2.30. The van der Waals surface area contributed by atoms with E-state index >= 15 is 0 Å². The Labute approximate surface area is 110 Å². The minimum Gasteiger partial charge on any atom is -0.222 e. The van der Waals surface area contributed by atoms with Crippen molar-refractivity contribution in [1.29, 1.82) is 0 Å². The van der Waals surface area contributed by atoms with E-state index in [-0.39, 0.29) is 15.8 Å². The summed E-state index contributed by atoms with van der Waals surface area (Å²) in [6, 6.07) is 4.29. The fraction of sp³-hybridized carbons (Fsp3) is 0.400. The lowest BCUT2D eigenvalue weighted by Gasteiger charge is -2.15. The minimum absolute atomic E-state index is 0.0182. The number of hydrogen-bond acceptors (Lipinski definition) is 2. The second kappa shape index (κ2) is 5.13. The Kier molecular flexibility index (Phi) is 4.52. The summed E-state index contributed by atoms with van der Waals surface area (Å²) in [5.74, 6) is -0.207. The fourth-order valence-corrected chi connectivity index (χ4v) is 3.73. The van der Waals surface area contributed by atoms with E-state index in [4.69, 9.17) is 34.8 Å². The van der Waals surface area contributed by atoms with Gasteiger partial charge in [0.05, 0.1) is 9.92 Å². The molecule has 1 aromatic rings. The molecule has 1 atom stereocenters. The zero-order chi connectivity index (χ0) is 12.5. The summed E-state index contributed by atoms with van der Waals surface area (Å²) in [6.45, 7) is 3.46. The molecule has 2 nitrogen and oxygen atoms in total. The molecule has 0 amide bonds. The van der Waals surface area contributed by atoms with Crippen LogP contribution < -0.4 is 0 Å². The van der Waals surface area contributed by atoms with E-state index in [0.29, 0.717) is 5.02 Å². The van der Waals surface area contributed by atoms with Crippen molar-refractivity contribution in [2.45, 2.75) is 23.5 Å². The lowest BCUT2D eigenvalue weighted by Crippen LogP contribution is -2.21. The number of benzene rings is 1. The van der Waals surface area contributed by atoms with Crippen molar-refractivity contribution in [1.82, 2.24) is 0 Å². The molecule has 0 radical (unpaired) electrons. The Balaban J connectivity index is 3.32. The molecule has 0 aromatic heterocycles. The third-order valence-electron chi connectivity index (χ3n) is 2.02. The van der Waals surface area contributed by atoms with Gasteiger partial charge in [0.25, 0.3) is 0 Å². The standard InChI is InChI=1S/C10H11Cl3O2S/c1-6(2)10(13)16(14,15)9-5-7(11)3-4-8(9)12/h3-6,10H,1-2H3. The lowest BCUT2D eigenvalue weighted by molar-refractivity contribution is 0.573. The second-order valence-electron chi connectivity index (χ2n) is 3.71. The summed E-state index contributed by atoms with van der Waals surface area (Å²) in [7, 11) is -3.64. The zero-order valence-electron chi connectivity index (χ0n) is 8.75. The van der Waals surface area contributed by atoms with Crippen LogP contribution in [0, 0.1) is 5.92 Å². The van der Waals surface area contributed by atoms with E-state index in [2.05, 4.69) is 0 Å². The molecule has 0 aliphatic rings. The highest BCUT2D eigenvalue weighted by Crippen LogP contribution is 2.31. The largest absolute Gasteiger partial charge is 0.222 e. The number of rotatable bonds is 3. The molecule has 16 heavy (non-hydrogen) atoms. The molecule has 6 heteroatoms. The van der Waals surface area contributed by atoms with Gasteiger partial charge in [-0.1, -0.05) is 37.0 Å². The van der Waals surface area contributed by atoms with Crippen LogP contribution >= 0.6 is 34.8 Å². The Morgan fingerprint density at radius 3 is 2.25 bits per heavy atom. The molecule has 0 fully saturated rings. The first-order valence-electron chi connectivity index (χ1n) is 4.60. The molecule has 0 saturated heterocycles. The van der Waals surface area contributed by atoms with Gasteiger partial charge in [-0.2, -0.15) is 0 Å². The highest BCUT2D eigenvalue weighted by atomic mass is 35.5. The van der Waals surface area contributed by atoms with Gasteiger partial charge in [0.15, 0.2) is 9.84 Å². The van der Waals surface area contributed by atoms with Gasteiger partial charge in [0.1, 0.15) is 4.71 Å². The number of hydrogen-bond donors (Lipinski definition) is 0. The first-order chi connectivity index (χ1) is 7.26. The molecule has 0 saturated carbocycles. The zero-order valence-corrected chi connectivity index (χ0v) is 11.8. The van der Waals surface area contributed by atoms with Crippen molar-refractivity contribution in [3.05, 3.63) is 28.2 Å². The Bertz CT molecular complexity index is 483. The molecule has 1 unspecified atom stereocenters. The summed E-state index contributed by atoms with van der Waals surface area (Å²) >= 11 is 17.5. The van der Waals surface area contributed by atoms with Crippen molar-refractivity contribution in [3.63, 3.8) is 0 Å². The van der Waals surface area contributed by atoms with Crippen LogP contribution in [0.1, 0.15) is 13.8 Å². The van der Waals surface area contributed by atoms with E-state index < -0.39 is 14.5 Å². The first-order valence-corrected chi connectivity index (χ1v) is 7.33. The van der Waals surface area contributed by atoms with Gasteiger partial charge in [-0.05, 0) is 24.1 Å². The van der Waals surface area contributed by atoms with E-state index in [9.17, 15) is 8.42 Å². The molecule has 90 valence electrons. The third kappa shape index (κ3) is 2.83. The molecular formula is C10H11Cl3O2S. The van der Waals surface area contributed by atoms with Gasteiger partial charge in [-0.3, -0.25) is 0 Å². The predicted octanol–water partition coefficient (Wildman–Crippen LogP) is 3.99. The highest BCUT2D eigenvalue weighted by molar-refractivity contribution is 7.93. The van der Waals surface area contributed by atoms with Gasteiger partial charge in [-0.25, -0.2) is 8.42 Å². The Morgan fingerprint density at radius 2 is 1.75 bits per heavy atom. The van der Waals surface area contributed by atoms with E-state index in [0.717, 1.165) is 0 Å². The molecule has 0 heterocycles. The molecular weight excluding hydrogens is 291 g/mol. The lowest BCUT2D eigenvalue weighted by atomic mass is 10.3.